The van der Waals surface area contributed by atoms with Gasteiger partial charge in [0.25, 0.3) is 0 Å². The summed E-state index contributed by atoms with van der Waals surface area (Å²) in [7, 11) is 1.64. The zero-order valence-corrected chi connectivity index (χ0v) is 19.2. The summed E-state index contributed by atoms with van der Waals surface area (Å²) in [4.78, 5) is 29.3. The van der Waals surface area contributed by atoms with Crippen molar-refractivity contribution in [2.45, 2.75) is 72.3 Å². The van der Waals surface area contributed by atoms with Crippen molar-refractivity contribution in [1.82, 2.24) is 4.90 Å². The van der Waals surface area contributed by atoms with Crippen LogP contribution in [0.1, 0.15) is 75.0 Å². The molecule has 1 aromatic heterocycles. The lowest BCUT2D eigenvalue weighted by Crippen LogP contribution is -2.42. The average Bonchev–Trinajstić information content (AvgIpc) is 3.05. The third-order valence-electron chi connectivity index (χ3n) is 5.89. The lowest BCUT2D eigenvalue weighted by molar-refractivity contribution is -0.133. The molecule has 0 saturated heterocycles. The number of carbonyl (C=O) groups excluding carboxylic acids is 2. The lowest BCUT2D eigenvalue weighted by Gasteiger charge is -2.33. The highest BCUT2D eigenvalue weighted by molar-refractivity contribution is 7.21. The summed E-state index contributed by atoms with van der Waals surface area (Å²) in [5.41, 5.74) is 0.374. The molecule has 3 rings (SSSR count). The summed E-state index contributed by atoms with van der Waals surface area (Å²) in [6, 6.07) is 6.20. The van der Waals surface area contributed by atoms with E-state index in [9.17, 15) is 9.59 Å². The second kappa shape index (κ2) is 8.86. The summed E-state index contributed by atoms with van der Waals surface area (Å²) in [5, 5.41) is 0.968. The molecule has 0 unspecified atom stereocenters. The maximum atomic E-state index is 13.4. The van der Waals surface area contributed by atoms with E-state index in [1.165, 1.54) is 30.6 Å². The predicted molar refractivity (Wildman–Crippen MR) is 120 cm³/mol. The zero-order chi connectivity index (χ0) is 21.2. The number of ketones is 1. The Morgan fingerprint density at radius 1 is 1.17 bits per heavy atom. The molecule has 4 nitrogen and oxygen atoms in total. The van der Waals surface area contributed by atoms with Crippen LogP contribution in [0.3, 0.4) is 0 Å². The molecule has 0 bridgehead atoms. The Morgan fingerprint density at radius 2 is 1.86 bits per heavy atom. The van der Waals surface area contributed by atoms with Gasteiger partial charge in [0.2, 0.25) is 5.91 Å². The second-order valence-electron chi connectivity index (χ2n) is 9.00. The number of thiophene rings is 1. The second-order valence-corrected chi connectivity index (χ2v) is 10.1. The van der Waals surface area contributed by atoms with E-state index in [2.05, 4.69) is 6.92 Å². The first kappa shape index (κ1) is 21.8. The largest absolute Gasteiger partial charge is 0.497 e. The van der Waals surface area contributed by atoms with Gasteiger partial charge in [-0.3, -0.25) is 9.59 Å². The fourth-order valence-electron chi connectivity index (χ4n) is 4.24. The zero-order valence-electron chi connectivity index (χ0n) is 18.3. The number of carbonyl (C=O) groups is 2. The molecule has 1 amide bonds. The SMILES string of the molecule is CCN(C(=O)Cc1c(C(=O)C(C)(C)C)sc2ccc(OC)cc12)C1CCCCC1. The van der Waals surface area contributed by atoms with E-state index in [4.69, 9.17) is 4.74 Å². The van der Waals surface area contributed by atoms with Gasteiger partial charge < -0.3 is 9.64 Å². The van der Waals surface area contributed by atoms with Crippen molar-refractivity contribution in [3.63, 3.8) is 0 Å². The van der Waals surface area contributed by atoms with E-state index in [1.54, 1.807) is 7.11 Å². The number of amides is 1. The van der Waals surface area contributed by atoms with Crippen LogP contribution in [-0.2, 0) is 11.2 Å². The molecule has 1 saturated carbocycles. The minimum atomic E-state index is -0.490. The van der Waals surface area contributed by atoms with Crippen molar-refractivity contribution in [3.05, 3.63) is 28.6 Å². The number of rotatable bonds is 6. The topological polar surface area (TPSA) is 46.6 Å². The molecule has 0 aliphatic heterocycles. The molecule has 0 N–H and O–H groups in total. The average molecular weight is 416 g/mol. The fraction of sp³-hybridized carbons (Fsp3) is 0.583. The molecular formula is C24H33NO3S. The number of hydrogen-bond acceptors (Lipinski definition) is 4. The summed E-state index contributed by atoms with van der Waals surface area (Å²) in [6.45, 7) is 8.59. The Bertz CT molecular complexity index is 887. The normalized spacial score (nSPS) is 15.5. The molecule has 0 radical (unpaired) electrons. The van der Waals surface area contributed by atoms with E-state index in [1.807, 2.05) is 43.9 Å². The van der Waals surface area contributed by atoms with Gasteiger partial charge in [-0.25, -0.2) is 0 Å². The van der Waals surface area contributed by atoms with E-state index >= 15 is 0 Å². The van der Waals surface area contributed by atoms with Gasteiger partial charge in [-0.2, -0.15) is 0 Å². The predicted octanol–water partition coefficient (Wildman–Crippen LogP) is 5.86. The monoisotopic (exact) mass is 415 g/mol. The smallest absolute Gasteiger partial charge is 0.227 e. The van der Waals surface area contributed by atoms with Crippen LogP contribution in [-0.4, -0.2) is 36.3 Å². The molecule has 1 aliphatic carbocycles. The van der Waals surface area contributed by atoms with Gasteiger partial charge in [0.05, 0.1) is 18.4 Å². The van der Waals surface area contributed by atoms with E-state index in [0.29, 0.717) is 10.9 Å². The molecule has 5 heteroatoms. The highest BCUT2D eigenvalue weighted by Gasteiger charge is 2.31. The van der Waals surface area contributed by atoms with Gasteiger partial charge in [-0.05, 0) is 43.5 Å². The third kappa shape index (κ3) is 4.66. The number of hydrogen-bond donors (Lipinski definition) is 0. The molecule has 158 valence electrons. The van der Waals surface area contributed by atoms with Gasteiger partial charge in [-0.1, -0.05) is 40.0 Å². The fourth-order valence-corrected chi connectivity index (χ4v) is 5.59. The lowest BCUT2D eigenvalue weighted by atomic mass is 9.87. The van der Waals surface area contributed by atoms with Crippen LogP contribution in [0.5, 0.6) is 5.75 Å². The number of methoxy groups -OCH3 is 1. The molecular weight excluding hydrogens is 382 g/mol. The first-order valence-corrected chi connectivity index (χ1v) is 11.5. The minimum absolute atomic E-state index is 0.0983. The quantitative estimate of drug-likeness (QED) is 0.555. The van der Waals surface area contributed by atoms with Crippen molar-refractivity contribution < 1.29 is 14.3 Å². The Balaban J connectivity index is 2.01. The van der Waals surface area contributed by atoms with Crippen LogP contribution in [0, 0.1) is 5.41 Å². The van der Waals surface area contributed by atoms with Crippen molar-refractivity contribution >= 4 is 33.1 Å². The molecule has 1 aromatic carbocycles. The summed E-state index contributed by atoms with van der Waals surface area (Å²) in [6.07, 6.45) is 6.11. The van der Waals surface area contributed by atoms with Crippen LogP contribution in [0.15, 0.2) is 18.2 Å². The molecule has 29 heavy (non-hydrogen) atoms. The number of fused-ring (bicyclic) bond motifs is 1. The van der Waals surface area contributed by atoms with Crippen LogP contribution in [0.4, 0.5) is 0 Å². The van der Waals surface area contributed by atoms with Crippen LogP contribution < -0.4 is 4.74 Å². The molecule has 0 atom stereocenters. The number of ether oxygens (including phenoxy) is 1. The first-order valence-electron chi connectivity index (χ1n) is 10.7. The Labute approximate surface area is 178 Å². The van der Waals surface area contributed by atoms with Crippen molar-refractivity contribution in [3.8, 4) is 5.75 Å². The Morgan fingerprint density at radius 3 is 2.45 bits per heavy atom. The molecule has 1 fully saturated rings. The summed E-state index contributed by atoms with van der Waals surface area (Å²) >= 11 is 1.50. The maximum Gasteiger partial charge on any atom is 0.227 e. The van der Waals surface area contributed by atoms with Crippen LogP contribution in [0.2, 0.25) is 0 Å². The van der Waals surface area contributed by atoms with Gasteiger partial charge in [-0.15, -0.1) is 11.3 Å². The Hall–Kier alpha value is -1.88. The van der Waals surface area contributed by atoms with Crippen LogP contribution >= 0.6 is 11.3 Å². The molecule has 0 spiro atoms. The molecule has 2 aromatic rings. The van der Waals surface area contributed by atoms with E-state index in [0.717, 1.165) is 40.8 Å². The standard InChI is InChI=1S/C24H33NO3S/c1-6-25(16-10-8-7-9-11-16)21(26)15-19-18-14-17(28-5)12-13-20(18)29-22(19)23(27)24(2,3)4/h12-14,16H,6-11,15H2,1-5H3. The van der Waals surface area contributed by atoms with Crippen molar-refractivity contribution in [1.29, 1.82) is 0 Å². The van der Waals surface area contributed by atoms with Crippen molar-refractivity contribution in [2.24, 2.45) is 5.41 Å². The van der Waals surface area contributed by atoms with E-state index < -0.39 is 5.41 Å². The third-order valence-corrected chi connectivity index (χ3v) is 7.10. The molecule has 1 heterocycles. The van der Waals surface area contributed by atoms with Gasteiger partial charge in [0.15, 0.2) is 5.78 Å². The number of benzene rings is 1. The van der Waals surface area contributed by atoms with E-state index in [-0.39, 0.29) is 18.1 Å². The Kier molecular flexibility index (Phi) is 6.67. The maximum absolute atomic E-state index is 13.4. The summed E-state index contributed by atoms with van der Waals surface area (Å²) < 4.78 is 6.44. The number of likely N-dealkylation sites (N-methyl/N-ethyl adjacent to an activating group) is 1. The minimum Gasteiger partial charge on any atom is -0.497 e. The van der Waals surface area contributed by atoms with Crippen molar-refractivity contribution in [2.75, 3.05) is 13.7 Å². The highest BCUT2D eigenvalue weighted by atomic mass is 32.1. The molecule has 1 aliphatic rings. The first-order chi connectivity index (χ1) is 13.8. The van der Waals surface area contributed by atoms with Gasteiger partial charge >= 0.3 is 0 Å². The highest BCUT2D eigenvalue weighted by Crippen LogP contribution is 2.38. The van der Waals surface area contributed by atoms with Crippen LogP contribution in [0.25, 0.3) is 10.1 Å². The van der Waals surface area contributed by atoms with Gasteiger partial charge in [0, 0.05) is 28.1 Å². The summed E-state index contributed by atoms with van der Waals surface area (Å²) in [5.74, 6) is 0.976. The number of Topliss-reactive ketones (excluding diaryl/α,β-unsaturated/α-hetero) is 1. The van der Waals surface area contributed by atoms with Gasteiger partial charge in [0.1, 0.15) is 5.75 Å². The number of nitrogens with zero attached hydrogens (tertiary/aromatic N) is 1.